The second-order valence-corrected chi connectivity index (χ2v) is 18.5. The molecule has 0 radical (unpaired) electrons. The van der Waals surface area contributed by atoms with Crippen LogP contribution in [-0.4, -0.2) is 228 Å². The number of carbonyl (C=O) groups excluding carboxylic acids is 1. The third-order valence-corrected chi connectivity index (χ3v) is 12.8. The van der Waals surface area contributed by atoms with Gasteiger partial charge in [-0.15, -0.1) is 0 Å². The van der Waals surface area contributed by atoms with Crippen molar-refractivity contribution in [1.82, 2.24) is 29.2 Å². The summed E-state index contributed by atoms with van der Waals surface area (Å²) in [5, 5.41) is 32.8. The van der Waals surface area contributed by atoms with Crippen LogP contribution in [0.5, 0.6) is 0 Å². The normalized spacial score (nSPS) is 17.7. The van der Waals surface area contributed by atoms with Gasteiger partial charge < -0.3 is 25.7 Å². The van der Waals surface area contributed by atoms with E-state index in [9.17, 15) is 114 Å². The number of carbonyl (C=O) groups is 4. The van der Waals surface area contributed by atoms with Crippen LogP contribution < -0.4 is 5.32 Å². The lowest BCUT2D eigenvalue weighted by atomic mass is 9.91. The van der Waals surface area contributed by atoms with E-state index >= 15 is 8.78 Å². The number of halogens is 17. The summed E-state index contributed by atoms with van der Waals surface area (Å²) in [6.07, 6.45) is -7.51. The number of β-amino-alcohol motifs (C(OH)–C–C–N with tert-alkyl or cyclic N) is 1. The number of nitrogens with zero attached hydrogens (tertiary/aromatic N) is 5. The van der Waals surface area contributed by atoms with Crippen molar-refractivity contribution in [1.29, 1.82) is 0 Å². The number of alkyl halides is 17. The Bertz CT molecular complexity index is 1820. The molecule has 1 amide bonds. The number of aliphatic hydroxyl groups is 1. The molecule has 1 unspecified atom stereocenters. The van der Waals surface area contributed by atoms with Gasteiger partial charge in [0.05, 0.1) is 32.3 Å². The maximum absolute atomic E-state index is 15.3. The van der Waals surface area contributed by atoms with Crippen molar-refractivity contribution in [2.45, 2.75) is 111 Å². The second kappa shape index (κ2) is 26.1. The molecule has 71 heavy (non-hydrogen) atoms. The number of aliphatic carboxylic acids is 3. The lowest BCUT2D eigenvalue weighted by molar-refractivity contribution is -0.458. The number of carboxylic acid groups (broad SMARTS) is 3. The number of amides is 1. The van der Waals surface area contributed by atoms with E-state index in [4.69, 9.17) is 0 Å². The van der Waals surface area contributed by atoms with Gasteiger partial charge in [0.25, 0.3) is 10.0 Å². The fourth-order valence-electron chi connectivity index (χ4n) is 6.80. The van der Waals surface area contributed by atoms with Crippen molar-refractivity contribution in [3.8, 4) is 0 Å². The molecule has 0 aromatic carbocycles. The van der Waals surface area contributed by atoms with Gasteiger partial charge in [0.15, 0.2) is 0 Å². The summed E-state index contributed by atoms with van der Waals surface area (Å²) in [5.41, 5.74) is 0. The summed E-state index contributed by atoms with van der Waals surface area (Å²) in [6, 6.07) is 0. The summed E-state index contributed by atoms with van der Waals surface area (Å²) in [6.45, 7) is -5.67. The molecule has 34 heteroatoms. The molecular weight excluding hydrogens is 1040 g/mol. The van der Waals surface area contributed by atoms with E-state index in [1.54, 1.807) is 5.32 Å². The Hall–Kier alpha value is -3.60. The third kappa shape index (κ3) is 16.4. The van der Waals surface area contributed by atoms with Gasteiger partial charge in [-0.25, -0.2) is 8.42 Å². The zero-order valence-electron chi connectivity index (χ0n) is 37.6. The van der Waals surface area contributed by atoms with Crippen LogP contribution in [0.3, 0.4) is 0 Å². The molecule has 0 aliphatic carbocycles. The van der Waals surface area contributed by atoms with Gasteiger partial charge in [0.2, 0.25) is 5.91 Å². The fraction of sp³-hybridized carbons (Fsp3) is 0.892. The Balaban J connectivity index is 3.52. The predicted molar refractivity (Wildman–Crippen MR) is 211 cm³/mol. The molecule has 1 saturated heterocycles. The average Bonchev–Trinajstić information content (AvgIpc) is 3.22. The average molecular weight is 1100 g/mol. The Labute approximate surface area is 395 Å². The molecule has 5 N–H and O–H groups in total. The summed E-state index contributed by atoms with van der Waals surface area (Å²) in [5.74, 6) is -58.6. The molecule has 0 saturated carbocycles. The molecule has 0 aromatic rings. The number of aliphatic hydroxyl groups excluding tert-OH is 1. The van der Waals surface area contributed by atoms with Crippen LogP contribution in [-0.2, 0) is 29.2 Å². The molecule has 1 rings (SSSR count). The highest BCUT2D eigenvalue weighted by molar-refractivity contribution is 7.90. The largest absolute Gasteiger partial charge is 0.480 e. The van der Waals surface area contributed by atoms with Crippen LogP contribution in [0.15, 0.2) is 0 Å². The molecule has 16 nitrogen and oxygen atoms in total. The maximum Gasteiger partial charge on any atom is 0.460 e. The minimum atomic E-state index is -9.05. The van der Waals surface area contributed by atoms with Crippen molar-refractivity contribution >= 4 is 33.8 Å². The van der Waals surface area contributed by atoms with E-state index in [2.05, 4.69) is 0 Å². The van der Waals surface area contributed by atoms with Gasteiger partial charge in [-0.05, 0) is 6.42 Å². The third-order valence-electron chi connectivity index (χ3n) is 10.9. The molecule has 1 atom stereocenters. The van der Waals surface area contributed by atoms with Crippen LogP contribution in [0.4, 0.5) is 74.6 Å². The molecular formula is C37H55F17N6O10S. The molecule has 418 valence electrons. The van der Waals surface area contributed by atoms with E-state index in [-0.39, 0.29) is 65.2 Å². The number of carboxylic acids is 3. The Morgan fingerprint density at radius 1 is 0.521 bits per heavy atom. The van der Waals surface area contributed by atoms with Gasteiger partial charge in [-0.3, -0.25) is 38.8 Å². The van der Waals surface area contributed by atoms with Crippen LogP contribution in [0.2, 0.25) is 0 Å². The molecule has 0 spiro atoms. The molecule has 1 fully saturated rings. The number of sulfonamides is 1. The lowest BCUT2D eigenvalue weighted by Crippen LogP contribution is -2.75. The van der Waals surface area contributed by atoms with Crippen molar-refractivity contribution in [2.75, 3.05) is 98.2 Å². The number of nitrogens with one attached hydrogen (secondary N) is 1. The topological polar surface area (TPSA) is 212 Å². The van der Waals surface area contributed by atoms with E-state index in [1.165, 1.54) is 19.6 Å². The fourth-order valence-corrected chi connectivity index (χ4v) is 8.23. The highest BCUT2D eigenvalue weighted by atomic mass is 32.2. The number of unbranched alkanes of at least 4 members (excludes halogenated alkanes) is 7. The Kier molecular flexibility index (Phi) is 24.0. The number of rotatable bonds is 29. The minimum Gasteiger partial charge on any atom is -0.480 e. The molecule has 1 heterocycles. The van der Waals surface area contributed by atoms with Crippen molar-refractivity contribution in [3.63, 3.8) is 0 Å². The Morgan fingerprint density at radius 2 is 0.845 bits per heavy atom. The first-order valence-corrected chi connectivity index (χ1v) is 22.8. The van der Waals surface area contributed by atoms with Crippen LogP contribution >= 0.6 is 0 Å². The van der Waals surface area contributed by atoms with Crippen LogP contribution in [0.25, 0.3) is 0 Å². The van der Waals surface area contributed by atoms with Gasteiger partial charge >= 0.3 is 64.9 Å². The summed E-state index contributed by atoms with van der Waals surface area (Å²) in [7, 11) is -7.83. The van der Waals surface area contributed by atoms with Crippen LogP contribution in [0.1, 0.15) is 58.3 Å². The Morgan fingerprint density at radius 3 is 1.20 bits per heavy atom. The van der Waals surface area contributed by atoms with Crippen molar-refractivity contribution in [2.24, 2.45) is 0 Å². The first-order valence-electron chi connectivity index (χ1n) is 21.4. The quantitative estimate of drug-likeness (QED) is 0.0509. The zero-order valence-corrected chi connectivity index (χ0v) is 38.5. The molecule has 1 aliphatic heterocycles. The first-order chi connectivity index (χ1) is 32.2. The van der Waals surface area contributed by atoms with Crippen LogP contribution in [0, 0.1) is 0 Å². The smallest absolute Gasteiger partial charge is 0.460 e. The van der Waals surface area contributed by atoms with Gasteiger partial charge in [0.1, 0.15) is 0 Å². The highest BCUT2D eigenvalue weighted by Gasteiger charge is 2.96. The number of hydrogen-bond donors (Lipinski definition) is 5. The van der Waals surface area contributed by atoms with E-state index in [1.807, 2.05) is 6.92 Å². The SMILES string of the molecule is CCCCCCCCCCN(CC(=O)NCC(O)CN1CCN(CC(=O)O)CCN(CC(=O)O)CCN(CC(=O)O)CC1)S(=O)(=O)C(F)(F)C(F)(F)C(F)(F)C(F)(F)C(F)(F)C(F)(F)C(F)(F)C(F)(F)F. The number of hydrogen-bond acceptors (Lipinski definition) is 11. The van der Waals surface area contributed by atoms with Gasteiger partial charge in [0, 0.05) is 72.0 Å². The lowest BCUT2D eigenvalue weighted by Gasteiger charge is -2.43. The summed E-state index contributed by atoms with van der Waals surface area (Å²) >= 11 is 0. The molecule has 1 aliphatic rings. The van der Waals surface area contributed by atoms with E-state index in [0.717, 1.165) is 12.8 Å². The van der Waals surface area contributed by atoms with Gasteiger partial charge in [-0.1, -0.05) is 51.9 Å². The second-order valence-electron chi connectivity index (χ2n) is 16.5. The monoisotopic (exact) mass is 1100 g/mol. The molecule has 0 aromatic heterocycles. The van der Waals surface area contributed by atoms with Crippen molar-refractivity contribution < 1.29 is 123 Å². The standard InChI is InChI=1S/C37H55F17N6O10S/c1-2-3-4-5-6-7-8-9-10-60(71(69,70)37(53,54)35(48,49)33(44,45)31(40,41)30(38,39)32(42,43)34(46,47)36(50,51)52)21-26(62)55-19-25(61)20-56-11-13-57(22-27(63)64)15-17-59(24-29(67)68)18-16-58(14-12-56)23-28(65)66/h25,61H,2-24H2,1H3,(H,55,62)(H,63,64)(H,65,66)(H,67,68). The molecule has 0 bridgehead atoms. The highest BCUT2D eigenvalue weighted by Crippen LogP contribution is 2.64. The van der Waals surface area contributed by atoms with E-state index < -0.39 is 143 Å². The van der Waals surface area contributed by atoms with Crippen molar-refractivity contribution in [3.05, 3.63) is 0 Å². The minimum absolute atomic E-state index is 0.0128. The first kappa shape index (κ1) is 65.4. The predicted octanol–water partition coefficient (Wildman–Crippen LogP) is 4.68. The summed E-state index contributed by atoms with van der Waals surface area (Å²) in [4.78, 5) is 53.0. The van der Waals surface area contributed by atoms with E-state index in [0.29, 0.717) is 19.3 Å². The zero-order chi connectivity index (χ0) is 55.2. The van der Waals surface area contributed by atoms with Gasteiger partial charge in [-0.2, -0.15) is 78.9 Å². The maximum atomic E-state index is 15.3. The summed E-state index contributed by atoms with van der Waals surface area (Å²) < 4.78 is 264.